The molecule has 8 nitrogen and oxygen atoms in total. The molecule has 0 bridgehead atoms. The van der Waals surface area contributed by atoms with Crippen LogP contribution in [0.3, 0.4) is 0 Å². The van der Waals surface area contributed by atoms with Crippen LogP contribution >= 0.6 is 27.5 Å². The smallest absolute Gasteiger partial charge is 0.331 e. The van der Waals surface area contributed by atoms with Gasteiger partial charge in [-0.05, 0) is 42.6 Å². The second-order valence-electron chi connectivity index (χ2n) is 5.94. The summed E-state index contributed by atoms with van der Waals surface area (Å²) in [6.45, 7) is 3.61. The lowest BCUT2D eigenvalue weighted by Crippen LogP contribution is -2.53. The van der Waals surface area contributed by atoms with Gasteiger partial charge >= 0.3 is 11.7 Å². The van der Waals surface area contributed by atoms with Gasteiger partial charge in [0.05, 0.1) is 12.0 Å². The van der Waals surface area contributed by atoms with E-state index in [9.17, 15) is 14.9 Å². The predicted molar refractivity (Wildman–Crippen MR) is 105 cm³/mol. The molecular formula is C17H18BrClN4O4. The molecule has 0 aliphatic heterocycles. The third kappa shape index (κ3) is 4.54. The molecule has 0 N–H and O–H groups in total. The molecule has 2 aromatic rings. The van der Waals surface area contributed by atoms with Gasteiger partial charge in [-0.3, -0.25) is 10.1 Å². The average Bonchev–Trinajstić information content (AvgIpc) is 2.64. The number of carbonyl (C=O) groups excluding carboxylic acids is 1. The normalized spacial score (nSPS) is 12.9. The molecule has 27 heavy (non-hydrogen) atoms. The van der Waals surface area contributed by atoms with Gasteiger partial charge in [0.1, 0.15) is 11.7 Å². The molecule has 0 unspecified atom stereocenters. The van der Waals surface area contributed by atoms with Crippen molar-refractivity contribution in [3.8, 4) is 0 Å². The van der Waals surface area contributed by atoms with Gasteiger partial charge in [0, 0.05) is 11.0 Å². The molecule has 144 valence electrons. The minimum atomic E-state index is -1.21. The molecule has 0 radical (unpaired) electrons. The highest BCUT2D eigenvalue weighted by Gasteiger charge is 2.42. The quantitative estimate of drug-likeness (QED) is 0.266. The Labute approximate surface area is 169 Å². The van der Waals surface area contributed by atoms with Crippen molar-refractivity contribution >= 4 is 45.0 Å². The highest BCUT2D eigenvalue weighted by atomic mass is 79.9. The van der Waals surface area contributed by atoms with Crippen LogP contribution < -0.4 is 4.90 Å². The molecule has 0 saturated carbocycles. The van der Waals surface area contributed by atoms with Crippen molar-refractivity contribution in [1.29, 1.82) is 0 Å². The molecule has 1 aromatic heterocycles. The zero-order valence-corrected chi connectivity index (χ0v) is 17.3. The molecule has 1 aromatic carbocycles. The number of carbonyl (C=O) groups is 1. The maximum atomic E-state index is 12.6. The van der Waals surface area contributed by atoms with Crippen molar-refractivity contribution in [1.82, 2.24) is 9.97 Å². The van der Waals surface area contributed by atoms with E-state index in [2.05, 4.69) is 25.9 Å². The molecule has 0 spiro atoms. The summed E-state index contributed by atoms with van der Waals surface area (Å²) < 4.78 is 5.80. The van der Waals surface area contributed by atoms with Gasteiger partial charge in [-0.25, -0.2) is 9.78 Å². The molecule has 0 amide bonds. The molecule has 0 fully saturated rings. The number of esters is 1. The van der Waals surface area contributed by atoms with Gasteiger partial charge in [-0.15, -0.1) is 0 Å². The average molecular weight is 458 g/mol. The lowest BCUT2D eigenvalue weighted by molar-refractivity contribution is -0.384. The maximum Gasteiger partial charge on any atom is 0.331 e. The van der Waals surface area contributed by atoms with E-state index in [1.807, 2.05) is 24.3 Å². The van der Waals surface area contributed by atoms with Crippen LogP contribution in [0.25, 0.3) is 0 Å². The predicted octanol–water partition coefficient (Wildman–Crippen LogP) is 4.15. The van der Waals surface area contributed by atoms with E-state index in [4.69, 9.17) is 16.3 Å². The topological polar surface area (TPSA) is 98.5 Å². The summed E-state index contributed by atoms with van der Waals surface area (Å²) in [5, 5.41) is 11.4. The number of benzene rings is 1. The van der Waals surface area contributed by atoms with Crippen LogP contribution in [0.15, 0.2) is 34.9 Å². The molecular weight excluding hydrogens is 440 g/mol. The summed E-state index contributed by atoms with van der Waals surface area (Å²) in [6.07, 6.45) is 1.36. The van der Waals surface area contributed by atoms with Gasteiger partial charge in [-0.1, -0.05) is 35.0 Å². The Balaban J connectivity index is 2.68. The van der Waals surface area contributed by atoms with Crippen LogP contribution in [0, 0.1) is 10.1 Å². The van der Waals surface area contributed by atoms with E-state index in [0.29, 0.717) is 6.42 Å². The molecule has 10 heteroatoms. The Bertz CT molecular complexity index is 867. The fourth-order valence-electron chi connectivity index (χ4n) is 2.64. The number of nitro groups is 1. The fraction of sp³-hybridized carbons (Fsp3) is 0.353. The van der Waals surface area contributed by atoms with E-state index in [0.717, 1.165) is 16.2 Å². The van der Waals surface area contributed by atoms with Crippen molar-refractivity contribution in [2.24, 2.45) is 0 Å². The first-order valence-electron chi connectivity index (χ1n) is 8.00. The van der Waals surface area contributed by atoms with Gasteiger partial charge in [0.15, 0.2) is 0 Å². The first kappa shape index (κ1) is 21.0. The van der Waals surface area contributed by atoms with Crippen molar-refractivity contribution in [2.75, 3.05) is 12.0 Å². The van der Waals surface area contributed by atoms with Crippen molar-refractivity contribution in [3.63, 3.8) is 0 Å². The minimum Gasteiger partial charge on any atom is -0.467 e. The van der Waals surface area contributed by atoms with E-state index in [-0.39, 0.29) is 23.3 Å². The second kappa shape index (κ2) is 8.62. The van der Waals surface area contributed by atoms with Crippen molar-refractivity contribution < 1.29 is 14.5 Å². The number of methoxy groups -OCH3 is 1. The summed E-state index contributed by atoms with van der Waals surface area (Å²) in [4.78, 5) is 32.8. The molecule has 0 aliphatic rings. The first-order valence-corrected chi connectivity index (χ1v) is 9.17. The zero-order valence-electron chi connectivity index (χ0n) is 15.0. The SMILES string of the molecule is CC[C@](C)(C(=O)OC)N(Cc1cccc(Br)c1)c1nc(Cl)ncc1[N+](=O)[O-]. The molecule has 2 rings (SSSR count). The number of nitrogens with zero attached hydrogens (tertiary/aromatic N) is 4. The number of aromatic nitrogens is 2. The van der Waals surface area contributed by atoms with Crippen molar-refractivity contribution in [3.05, 3.63) is 55.9 Å². The second-order valence-corrected chi connectivity index (χ2v) is 7.19. The van der Waals surface area contributed by atoms with Gasteiger partial charge in [0.2, 0.25) is 11.1 Å². The molecule has 1 heterocycles. The number of rotatable bonds is 7. The first-order chi connectivity index (χ1) is 12.7. The summed E-state index contributed by atoms with van der Waals surface area (Å²) in [5.74, 6) is -0.584. The monoisotopic (exact) mass is 456 g/mol. The van der Waals surface area contributed by atoms with Crippen LogP contribution in [0.4, 0.5) is 11.5 Å². The number of halogens is 2. The largest absolute Gasteiger partial charge is 0.467 e. The highest BCUT2D eigenvalue weighted by Crippen LogP contribution is 2.35. The van der Waals surface area contributed by atoms with E-state index < -0.39 is 16.4 Å². The van der Waals surface area contributed by atoms with Crippen LogP contribution in [0.2, 0.25) is 5.28 Å². The van der Waals surface area contributed by atoms with Crippen LogP contribution in [-0.4, -0.2) is 33.5 Å². The van der Waals surface area contributed by atoms with Gasteiger partial charge in [0.25, 0.3) is 0 Å². The van der Waals surface area contributed by atoms with Crippen molar-refractivity contribution in [2.45, 2.75) is 32.4 Å². The Morgan fingerprint density at radius 2 is 2.19 bits per heavy atom. The van der Waals surface area contributed by atoms with Gasteiger partial charge < -0.3 is 9.64 Å². The van der Waals surface area contributed by atoms with Crippen LogP contribution in [0.1, 0.15) is 25.8 Å². The Hall–Kier alpha value is -2.26. The lowest BCUT2D eigenvalue weighted by Gasteiger charge is -2.38. The third-order valence-corrected chi connectivity index (χ3v) is 4.99. The van der Waals surface area contributed by atoms with E-state index >= 15 is 0 Å². The van der Waals surface area contributed by atoms with Crippen LogP contribution in [0.5, 0.6) is 0 Å². The summed E-state index contributed by atoms with van der Waals surface area (Å²) in [6, 6.07) is 7.40. The van der Waals surface area contributed by atoms with Gasteiger partial charge in [-0.2, -0.15) is 4.98 Å². The highest BCUT2D eigenvalue weighted by molar-refractivity contribution is 9.10. The fourth-order valence-corrected chi connectivity index (χ4v) is 3.21. The molecule has 1 atom stereocenters. The standard InChI is InChI=1S/C17H18BrClN4O4/c1-4-17(2,15(24)27-3)22(10-11-6-5-7-12(18)8-11)14-13(23(25)26)9-20-16(19)21-14/h5-9H,4,10H2,1-3H3/t17-/m1/s1. The molecule has 0 saturated heterocycles. The zero-order chi connectivity index (χ0) is 20.2. The molecule has 0 aliphatic carbocycles. The third-order valence-electron chi connectivity index (χ3n) is 4.31. The van der Waals surface area contributed by atoms with Crippen LogP contribution in [-0.2, 0) is 16.1 Å². The maximum absolute atomic E-state index is 12.6. The minimum absolute atomic E-state index is 0.0466. The lowest BCUT2D eigenvalue weighted by atomic mass is 9.95. The number of hydrogen-bond donors (Lipinski definition) is 0. The van der Waals surface area contributed by atoms with E-state index in [1.165, 1.54) is 12.0 Å². The number of anilines is 1. The van der Waals surface area contributed by atoms with E-state index in [1.54, 1.807) is 13.8 Å². The Kier molecular flexibility index (Phi) is 6.72. The summed E-state index contributed by atoms with van der Waals surface area (Å²) in [7, 11) is 1.27. The number of ether oxygens (including phenoxy) is 1. The summed E-state index contributed by atoms with van der Waals surface area (Å²) in [5.41, 5.74) is -0.741. The number of hydrogen-bond acceptors (Lipinski definition) is 7. The Morgan fingerprint density at radius 1 is 1.48 bits per heavy atom. The Morgan fingerprint density at radius 3 is 2.74 bits per heavy atom. The summed E-state index contributed by atoms with van der Waals surface area (Å²) >= 11 is 9.31.